The van der Waals surface area contributed by atoms with Crippen LogP contribution < -0.4 is 11.3 Å². The molecule has 1 aromatic heterocycles. The molecule has 1 heterocycles. The zero-order valence-corrected chi connectivity index (χ0v) is 9.52. The fourth-order valence-corrected chi connectivity index (χ4v) is 2.36. The zero-order chi connectivity index (χ0) is 11.7. The van der Waals surface area contributed by atoms with E-state index in [4.69, 9.17) is 5.73 Å². The molecule has 0 aromatic carbocycles. The Morgan fingerprint density at radius 2 is 2.38 bits per heavy atom. The summed E-state index contributed by atoms with van der Waals surface area (Å²) in [5.74, 6) is 0. The van der Waals surface area contributed by atoms with Crippen LogP contribution in [-0.2, 0) is 13.0 Å². The maximum absolute atomic E-state index is 11.7. The van der Waals surface area contributed by atoms with Crippen LogP contribution in [0.15, 0.2) is 16.9 Å². The lowest BCUT2D eigenvalue weighted by molar-refractivity contribution is 0.170. The second kappa shape index (κ2) is 4.39. The van der Waals surface area contributed by atoms with Crippen molar-refractivity contribution in [3.63, 3.8) is 0 Å². The molecule has 0 amide bonds. The Kier molecular flexibility index (Phi) is 3.12. The van der Waals surface area contributed by atoms with E-state index in [1.165, 1.54) is 0 Å². The molecule has 4 heteroatoms. The number of aliphatic hydroxyl groups is 1. The molecule has 16 heavy (non-hydrogen) atoms. The molecule has 3 N–H and O–H groups in total. The molecular formula is C12H18N2O2. The zero-order valence-electron chi connectivity index (χ0n) is 9.52. The minimum atomic E-state index is -0.512. The number of nitrogens with zero attached hydrogens (tertiary/aromatic N) is 1. The molecule has 2 atom stereocenters. The fraction of sp³-hybridized carbons (Fsp3) is 0.583. The molecule has 0 aliphatic heterocycles. The van der Waals surface area contributed by atoms with Crippen LogP contribution in [-0.4, -0.2) is 15.8 Å². The average molecular weight is 222 g/mol. The standard InChI is InChI=1S/C12H18N2O2/c1-8(15)7-14-11-4-2-3-10(13)9(11)5-6-12(14)16/h5-6,8,10,15H,2-4,7,13H2,1H3. The number of nitrogens with two attached hydrogens (primary N) is 1. The van der Waals surface area contributed by atoms with E-state index < -0.39 is 6.10 Å². The molecule has 0 radical (unpaired) electrons. The Morgan fingerprint density at radius 1 is 1.62 bits per heavy atom. The van der Waals surface area contributed by atoms with Gasteiger partial charge in [-0.1, -0.05) is 6.07 Å². The maximum atomic E-state index is 11.7. The smallest absolute Gasteiger partial charge is 0.250 e. The Hall–Kier alpha value is -1.13. The highest BCUT2D eigenvalue weighted by atomic mass is 16.3. The van der Waals surface area contributed by atoms with Crippen molar-refractivity contribution in [2.24, 2.45) is 5.73 Å². The van der Waals surface area contributed by atoms with Gasteiger partial charge in [-0.25, -0.2) is 0 Å². The van der Waals surface area contributed by atoms with Crippen LogP contribution in [0.3, 0.4) is 0 Å². The predicted molar refractivity (Wildman–Crippen MR) is 62.2 cm³/mol. The SMILES string of the molecule is CC(O)Cn1c2c(ccc1=O)C(N)CCC2. The summed E-state index contributed by atoms with van der Waals surface area (Å²) in [6, 6.07) is 3.41. The fourth-order valence-electron chi connectivity index (χ4n) is 2.36. The van der Waals surface area contributed by atoms with Crippen molar-refractivity contribution in [3.05, 3.63) is 33.7 Å². The Labute approximate surface area is 94.7 Å². The largest absolute Gasteiger partial charge is 0.392 e. The van der Waals surface area contributed by atoms with Gasteiger partial charge in [0.1, 0.15) is 0 Å². The normalized spacial score (nSPS) is 21.6. The first-order chi connectivity index (χ1) is 7.59. The molecule has 1 aromatic rings. The van der Waals surface area contributed by atoms with Crippen LogP contribution in [0, 0.1) is 0 Å². The number of hydrogen-bond acceptors (Lipinski definition) is 3. The monoisotopic (exact) mass is 222 g/mol. The second-order valence-electron chi connectivity index (χ2n) is 4.53. The molecule has 4 nitrogen and oxygen atoms in total. The van der Waals surface area contributed by atoms with Gasteiger partial charge in [0, 0.05) is 17.8 Å². The first kappa shape index (κ1) is 11.4. The van der Waals surface area contributed by atoms with Crippen LogP contribution in [0.25, 0.3) is 0 Å². The van der Waals surface area contributed by atoms with E-state index in [0.717, 1.165) is 30.5 Å². The van der Waals surface area contributed by atoms with Crippen molar-refractivity contribution in [2.45, 2.75) is 44.9 Å². The van der Waals surface area contributed by atoms with Crippen molar-refractivity contribution in [2.75, 3.05) is 0 Å². The molecule has 0 spiro atoms. The lowest BCUT2D eigenvalue weighted by atomic mass is 9.91. The predicted octanol–water partition coefficient (Wildman–Crippen LogP) is 0.565. The summed E-state index contributed by atoms with van der Waals surface area (Å²) < 4.78 is 1.67. The second-order valence-corrected chi connectivity index (χ2v) is 4.53. The third-order valence-corrected chi connectivity index (χ3v) is 3.11. The van der Waals surface area contributed by atoms with Gasteiger partial charge in [0.05, 0.1) is 12.6 Å². The van der Waals surface area contributed by atoms with E-state index in [2.05, 4.69) is 0 Å². The molecule has 1 aliphatic rings. The van der Waals surface area contributed by atoms with E-state index in [1.807, 2.05) is 6.07 Å². The number of rotatable bonds is 2. The quantitative estimate of drug-likeness (QED) is 0.768. The van der Waals surface area contributed by atoms with Gasteiger partial charge < -0.3 is 15.4 Å². The highest BCUT2D eigenvalue weighted by Gasteiger charge is 2.20. The van der Waals surface area contributed by atoms with Crippen molar-refractivity contribution in [1.82, 2.24) is 4.57 Å². The van der Waals surface area contributed by atoms with Gasteiger partial charge in [0.2, 0.25) is 0 Å². The van der Waals surface area contributed by atoms with E-state index in [0.29, 0.717) is 6.54 Å². The van der Waals surface area contributed by atoms with Crippen LogP contribution in [0.2, 0.25) is 0 Å². The lowest BCUT2D eigenvalue weighted by Gasteiger charge is -2.25. The van der Waals surface area contributed by atoms with Gasteiger partial charge in [0.15, 0.2) is 0 Å². The van der Waals surface area contributed by atoms with Crippen molar-refractivity contribution in [3.8, 4) is 0 Å². The maximum Gasteiger partial charge on any atom is 0.250 e. The topological polar surface area (TPSA) is 68.2 Å². The highest BCUT2D eigenvalue weighted by Crippen LogP contribution is 2.26. The van der Waals surface area contributed by atoms with Gasteiger partial charge in [0.25, 0.3) is 5.56 Å². The Morgan fingerprint density at radius 3 is 3.06 bits per heavy atom. The van der Waals surface area contributed by atoms with Gasteiger partial charge in [-0.2, -0.15) is 0 Å². The molecule has 88 valence electrons. The molecule has 2 unspecified atom stereocenters. The van der Waals surface area contributed by atoms with Gasteiger partial charge in [-0.3, -0.25) is 4.79 Å². The van der Waals surface area contributed by atoms with E-state index in [-0.39, 0.29) is 11.6 Å². The highest BCUT2D eigenvalue weighted by molar-refractivity contribution is 5.27. The van der Waals surface area contributed by atoms with Crippen LogP contribution in [0.4, 0.5) is 0 Å². The molecule has 0 fully saturated rings. The first-order valence-electron chi connectivity index (χ1n) is 5.76. The van der Waals surface area contributed by atoms with E-state index >= 15 is 0 Å². The summed E-state index contributed by atoms with van der Waals surface area (Å²) in [6.45, 7) is 2.04. The molecule has 1 aliphatic carbocycles. The van der Waals surface area contributed by atoms with Crippen molar-refractivity contribution >= 4 is 0 Å². The van der Waals surface area contributed by atoms with E-state index in [1.54, 1.807) is 17.6 Å². The Bertz CT molecular complexity index is 437. The van der Waals surface area contributed by atoms with Crippen molar-refractivity contribution < 1.29 is 5.11 Å². The first-order valence-corrected chi connectivity index (χ1v) is 5.76. The van der Waals surface area contributed by atoms with E-state index in [9.17, 15) is 9.90 Å². The summed E-state index contributed by atoms with van der Waals surface area (Å²) in [4.78, 5) is 11.7. The number of pyridine rings is 1. The lowest BCUT2D eigenvalue weighted by Crippen LogP contribution is -2.32. The van der Waals surface area contributed by atoms with Gasteiger partial charge in [-0.05, 0) is 31.7 Å². The third-order valence-electron chi connectivity index (χ3n) is 3.11. The Balaban J connectivity index is 2.50. The third kappa shape index (κ3) is 2.03. The summed E-state index contributed by atoms with van der Waals surface area (Å²) >= 11 is 0. The number of fused-ring (bicyclic) bond motifs is 1. The average Bonchev–Trinajstić information content (AvgIpc) is 2.22. The molecular weight excluding hydrogens is 204 g/mol. The number of aliphatic hydroxyl groups excluding tert-OH is 1. The van der Waals surface area contributed by atoms with Crippen LogP contribution in [0.1, 0.15) is 37.1 Å². The molecule has 0 saturated carbocycles. The van der Waals surface area contributed by atoms with Gasteiger partial charge in [-0.15, -0.1) is 0 Å². The summed E-state index contributed by atoms with van der Waals surface area (Å²) in [7, 11) is 0. The number of hydrogen-bond donors (Lipinski definition) is 2. The molecule has 2 rings (SSSR count). The van der Waals surface area contributed by atoms with Crippen molar-refractivity contribution in [1.29, 1.82) is 0 Å². The van der Waals surface area contributed by atoms with Crippen LogP contribution >= 0.6 is 0 Å². The summed E-state index contributed by atoms with van der Waals surface area (Å²) in [5.41, 5.74) is 8.04. The molecule has 0 bridgehead atoms. The summed E-state index contributed by atoms with van der Waals surface area (Å²) in [6.07, 6.45) is 2.35. The minimum Gasteiger partial charge on any atom is -0.392 e. The summed E-state index contributed by atoms with van der Waals surface area (Å²) in [5, 5.41) is 9.41. The minimum absolute atomic E-state index is 0.0320. The van der Waals surface area contributed by atoms with Crippen LogP contribution in [0.5, 0.6) is 0 Å². The van der Waals surface area contributed by atoms with Gasteiger partial charge >= 0.3 is 0 Å². The molecule has 0 saturated heterocycles. The number of aromatic nitrogens is 1.